The molecule has 0 spiro atoms. The Morgan fingerprint density at radius 3 is 1.87 bits per heavy atom. The highest BCUT2D eigenvalue weighted by molar-refractivity contribution is 7.67. The summed E-state index contributed by atoms with van der Waals surface area (Å²) in [4.78, 5) is 0. The van der Waals surface area contributed by atoms with Crippen molar-refractivity contribution in [2.24, 2.45) is 0 Å². The van der Waals surface area contributed by atoms with E-state index in [1.54, 1.807) is 5.30 Å². The largest absolute Gasteiger partial charge is 0.0690 e. The third-order valence-corrected chi connectivity index (χ3v) is 7.49. The Morgan fingerprint density at radius 1 is 0.800 bits per heavy atom. The molecule has 0 atom stereocenters. The van der Waals surface area contributed by atoms with Gasteiger partial charge in [-0.2, -0.15) is 0 Å². The molecule has 2 fully saturated rings. The van der Waals surface area contributed by atoms with Crippen molar-refractivity contribution in [2.75, 3.05) is 0 Å². The van der Waals surface area contributed by atoms with Crippen molar-refractivity contribution in [1.82, 2.24) is 0 Å². The van der Waals surface area contributed by atoms with E-state index in [0.29, 0.717) is 0 Å². The Bertz CT molecular complexity index is 297. The summed E-state index contributed by atoms with van der Waals surface area (Å²) in [7, 11) is 0.195. The first-order valence-electron chi connectivity index (χ1n) is 6.28. The summed E-state index contributed by atoms with van der Waals surface area (Å²) < 4.78 is 0. The van der Waals surface area contributed by atoms with Crippen molar-refractivity contribution in [3.63, 3.8) is 0 Å². The third kappa shape index (κ3) is 1.85. The molecule has 0 radical (unpaired) electrons. The zero-order chi connectivity index (χ0) is 10.1. The first-order chi connectivity index (χ1) is 7.45. The van der Waals surface area contributed by atoms with Crippen LogP contribution in [0.2, 0.25) is 0 Å². The predicted octanol–water partition coefficient (Wildman–Crippen LogP) is 3.90. The highest BCUT2D eigenvalue weighted by Gasteiger charge is 2.36. The SMILES string of the molecule is c1ccc(P2C3CCCC2CCC3)cc1. The normalized spacial score (nSPS) is 35.1. The van der Waals surface area contributed by atoms with Gasteiger partial charge in [-0.15, -0.1) is 0 Å². The van der Waals surface area contributed by atoms with Crippen LogP contribution in [0.4, 0.5) is 0 Å². The molecule has 1 aromatic carbocycles. The standard InChI is InChI=1S/C14H19P/c1-2-6-12(7-3-1)15-13-8-4-9-14(15)11-5-10-13/h1-3,6-7,13-14H,4-5,8-11H2. The molecule has 2 bridgehead atoms. The van der Waals surface area contributed by atoms with Crippen LogP contribution in [0.15, 0.2) is 30.3 Å². The number of benzene rings is 1. The molecule has 2 aliphatic rings. The van der Waals surface area contributed by atoms with E-state index in [4.69, 9.17) is 0 Å². The molecule has 3 rings (SSSR count). The fraction of sp³-hybridized carbons (Fsp3) is 0.571. The molecule has 2 saturated heterocycles. The van der Waals surface area contributed by atoms with Crippen molar-refractivity contribution < 1.29 is 0 Å². The van der Waals surface area contributed by atoms with Gasteiger partial charge in [0.2, 0.25) is 0 Å². The molecule has 2 aliphatic heterocycles. The molecule has 1 heteroatoms. The Hall–Kier alpha value is -0.350. The molecule has 1 aromatic rings. The fourth-order valence-electron chi connectivity index (χ4n) is 3.34. The van der Waals surface area contributed by atoms with Gasteiger partial charge in [-0.3, -0.25) is 0 Å². The minimum absolute atomic E-state index is 0.195. The Balaban J connectivity index is 1.90. The van der Waals surface area contributed by atoms with E-state index < -0.39 is 0 Å². The summed E-state index contributed by atoms with van der Waals surface area (Å²) in [6, 6.07) is 11.4. The van der Waals surface area contributed by atoms with Crippen LogP contribution in [0.25, 0.3) is 0 Å². The van der Waals surface area contributed by atoms with Gasteiger partial charge in [0.05, 0.1) is 0 Å². The van der Waals surface area contributed by atoms with Gasteiger partial charge in [-0.25, -0.2) is 0 Å². The first-order valence-corrected chi connectivity index (χ1v) is 7.76. The van der Waals surface area contributed by atoms with Crippen molar-refractivity contribution in [3.8, 4) is 0 Å². The van der Waals surface area contributed by atoms with Crippen LogP contribution in [0.1, 0.15) is 38.5 Å². The maximum Gasteiger partial charge on any atom is -0.0166 e. The van der Waals surface area contributed by atoms with Crippen LogP contribution in [0.5, 0.6) is 0 Å². The van der Waals surface area contributed by atoms with Crippen molar-refractivity contribution in [3.05, 3.63) is 30.3 Å². The highest BCUT2D eigenvalue weighted by atomic mass is 31.1. The molecule has 0 saturated carbocycles. The van der Waals surface area contributed by atoms with E-state index in [9.17, 15) is 0 Å². The predicted molar refractivity (Wildman–Crippen MR) is 68.3 cm³/mol. The molecule has 0 unspecified atom stereocenters. The van der Waals surface area contributed by atoms with Gasteiger partial charge in [0, 0.05) is 0 Å². The summed E-state index contributed by atoms with van der Waals surface area (Å²) in [5.41, 5.74) is 2.13. The molecule has 80 valence electrons. The lowest BCUT2D eigenvalue weighted by Gasteiger charge is -2.43. The Morgan fingerprint density at radius 2 is 1.33 bits per heavy atom. The van der Waals surface area contributed by atoms with Gasteiger partial charge < -0.3 is 0 Å². The van der Waals surface area contributed by atoms with Gasteiger partial charge in [-0.05, 0) is 42.3 Å². The average Bonchev–Trinajstić information content (AvgIpc) is 2.29. The summed E-state index contributed by atoms with van der Waals surface area (Å²) >= 11 is 0. The van der Waals surface area contributed by atoms with Crippen LogP contribution in [0.3, 0.4) is 0 Å². The zero-order valence-electron chi connectivity index (χ0n) is 9.23. The van der Waals surface area contributed by atoms with Crippen LogP contribution >= 0.6 is 7.92 Å². The Labute approximate surface area is 93.8 Å². The lowest BCUT2D eigenvalue weighted by molar-refractivity contribution is 0.479. The van der Waals surface area contributed by atoms with E-state index in [-0.39, 0.29) is 7.92 Å². The molecule has 0 N–H and O–H groups in total. The van der Waals surface area contributed by atoms with Gasteiger partial charge >= 0.3 is 0 Å². The molecular formula is C14H19P. The second-order valence-corrected chi connectivity index (χ2v) is 7.70. The quantitative estimate of drug-likeness (QED) is 0.627. The zero-order valence-corrected chi connectivity index (χ0v) is 10.1. The third-order valence-electron chi connectivity index (χ3n) is 3.99. The Kier molecular flexibility index (Phi) is 2.79. The van der Waals surface area contributed by atoms with E-state index in [1.807, 2.05) is 0 Å². The maximum absolute atomic E-state index is 2.38. The van der Waals surface area contributed by atoms with Gasteiger partial charge in [-0.1, -0.05) is 51.1 Å². The highest BCUT2D eigenvalue weighted by Crippen LogP contribution is 2.58. The second kappa shape index (κ2) is 4.26. The topological polar surface area (TPSA) is 0 Å². The smallest absolute Gasteiger partial charge is 0.0166 e. The van der Waals surface area contributed by atoms with Crippen molar-refractivity contribution in [2.45, 2.75) is 49.8 Å². The molecule has 0 amide bonds. The molecule has 0 nitrogen and oxygen atoms in total. The summed E-state index contributed by atoms with van der Waals surface area (Å²) in [5, 5.41) is 1.68. The molecule has 2 heterocycles. The lowest BCUT2D eigenvalue weighted by Crippen LogP contribution is -2.30. The molecule has 0 aliphatic carbocycles. The maximum atomic E-state index is 2.38. The van der Waals surface area contributed by atoms with Crippen molar-refractivity contribution in [1.29, 1.82) is 0 Å². The molecule has 0 aromatic heterocycles. The first kappa shape index (κ1) is 9.85. The van der Waals surface area contributed by atoms with E-state index >= 15 is 0 Å². The van der Waals surface area contributed by atoms with Crippen LogP contribution in [0, 0.1) is 0 Å². The van der Waals surface area contributed by atoms with Gasteiger partial charge in [0.1, 0.15) is 0 Å². The van der Waals surface area contributed by atoms with Gasteiger partial charge in [0.25, 0.3) is 0 Å². The lowest BCUT2D eigenvalue weighted by atomic mass is 9.99. The monoisotopic (exact) mass is 218 g/mol. The average molecular weight is 218 g/mol. The van der Waals surface area contributed by atoms with E-state index in [0.717, 1.165) is 11.3 Å². The van der Waals surface area contributed by atoms with Crippen LogP contribution < -0.4 is 5.30 Å². The second-order valence-electron chi connectivity index (χ2n) is 4.91. The summed E-state index contributed by atoms with van der Waals surface area (Å²) in [5.74, 6) is 0. The number of rotatable bonds is 1. The van der Waals surface area contributed by atoms with Gasteiger partial charge in [0.15, 0.2) is 0 Å². The number of hydrogen-bond acceptors (Lipinski definition) is 0. The minimum atomic E-state index is 0.195. The summed E-state index contributed by atoms with van der Waals surface area (Å²) in [6.45, 7) is 0. The fourth-order valence-corrected chi connectivity index (χ4v) is 7.14. The molecular weight excluding hydrogens is 199 g/mol. The van der Waals surface area contributed by atoms with Crippen molar-refractivity contribution >= 4 is 13.2 Å². The summed E-state index contributed by atoms with van der Waals surface area (Å²) in [6.07, 6.45) is 9.05. The van der Waals surface area contributed by atoms with E-state index in [1.165, 1.54) is 38.5 Å². The van der Waals surface area contributed by atoms with Crippen LogP contribution in [-0.4, -0.2) is 11.3 Å². The number of hydrogen-bond donors (Lipinski definition) is 0. The minimum Gasteiger partial charge on any atom is -0.0690 e. The number of fused-ring (bicyclic) bond motifs is 2. The van der Waals surface area contributed by atoms with Crippen LogP contribution in [-0.2, 0) is 0 Å². The van der Waals surface area contributed by atoms with E-state index in [2.05, 4.69) is 30.3 Å². The molecule has 15 heavy (non-hydrogen) atoms.